The van der Waals surface area contributed by atoms with E-state index in [1.165, 1.54) is 0 Å². The minimum atomic E-state index is -0.474. The van der Waals surface area contributed by atoms with E-state index in [1.54, 1.807) is 6.07 Å². The molecule has 1 aromatic rings. The van der Waals surface area contributed by atoms with Crippen molar-refractivity contribution in [1.82, 2.24) is 0 Å². The molecule has 0 fully saturated rings. The minimum absolute atomic E-state index is 0.474. The fraction of sp³-hybridized carbons (Fsp3) is 0.250. The van der Waals surface area contributed by atoms with E-state index >= 15 is 0 Å². The predicted molar refractivity (Wildman–Crippen MR) is 57.2 cm³/mol. The summed E-state index contributed by atoms with van der Waals surface area (Å²) in [5.41, 5.74) is 1.94. The maximum absolute atomic E-state index is 8.77. The monoisotopic (exact) mass is 199 g/mol. The highest BCUT2D eigenvalue weighted by Crippen LogP contribution is 2.25. The lowest BCUT2D eigenvalue weighted by atomic mass is 9.97. The van der Waals surface area contributed by atoms with E-state index < -0.39 is 5.60 Å². The van der Waals surface area contributed by atoms with Gasteiger partial charge < -0.3 is 4.84 Å². The molecule has 0 spiro atoms. The molecule has 75 valence electrons. The third-order valence-corrected chi connectivity index (χ3v) is 2.24. The average molecular weight is 199 g/mol. The molecule has 1 aliphatic heterocycles. The third-order valence-electron chi connectivity index (χ3n) is 2.24. The van der Waals surface area contributed by atoms with Crippen molar-refractivity contribution in [2.45, 2.75) is 18.9 Å². The lowest BCUT2D eigenvalue weighted by Crippen LogP contribution is -2.19. The van der Waals surface area contributed by atoms with Crippen LogP contribution in [-0.4, -0.2) is 11.3 Å². The Balaban J connectivity index is 2.29. The van der Waals surface area contributed by atoms with Crippen molar-refractivity contribution in [1.29, 1.82) is 5.26 Å². The van der Waals surface area contributed by atoms with E-state index in [4.69, 9.17) is 10.1 Å². The molecule has 1 radical (unpaired) electrons. The van der Waals surface area contributed by atoms with Crippen LogP contribution in [0, 0.1) is 18.3 Å². The Kier molecular flexibility index (Phi) is 2.20. The number of nitriles is 1. The lowest BCUT2D eigenvalue weighted by molar-refractivity contribution is 0.0339. The topological polar surface area (TPSA) is 45.4 Å². The molecule has 3 heteroatoms. The Hall–Kier alpha value is -1.82. The largest absolute Gasteiger partial charge is 0.389 e. The summed E-state index contributed by atoms with van der Waals surface area (Å²) in [5.74, 6) is 0. The second-order valence-corrected chi connectivity index (χ2v) is 3.95. The number of nitrogens with zero attached hydrogens (tertiary/aromatic N) is 2. The van der Waals surface area contributed by atoms with E-state index in [-0.39, 0.29) is 0 Å². The zero-order valence-electron chi connectivity index (χ0n) is 8.53. The summed E-state index contributed by atoms with van der Waals surface area (Å²) < 4.78 is 0. The van der Waals surface area contributed by atoms with Crippen LogP contribution in [-0.2, 0) is 4.84 Å². The maximum Gasteiger partial charge on any atom is 0.140 e. The Bertz CT molecular complexity index is 455. The van der Waals surface area contributed by atoms with Gasteiger partial charge in [-0.15, -0.1) is 0 Å². The second-order valence-electron chi connectivity index (χ2n) is 3.95. The van der Waals surface area contributed by atoms with Crippen LogP contribution in [0.5, 0.6) is 0 Å². The smallest absolute Gasteiger partial charge is 0.140 e. The van der Waals surface area contributed by atoms with Crippen molar-refractivity contribution in [3.8, 4) is 6.07 Å². The second kappa shape index (κ2) is 3.39. The Labute approximate surface area is 89.0 Å². The van der Waals surface area contributed by atoms with Gasteiger partial charge in [0.15, 0.2) is 0 Å². The van der Waals surface area contributed by atoms with Gasteiger partial charge in [0.1, 0.15) is 5.60 Å². The molecule has 0 N–H and O–H groups in total. The molecule has 2 rings (SSSR count). The molecule has 0 aliphatic carbocycles. The van der Waals surface area contributed by atoms with Crippen LogP contribution in [0.1, 0.15) is 24.5 Å². The van der Waals surface area contributed by atoms with E-state index in [0.717, 1.165) is 11.3 Å². The molecule has 1 aliphatic rings. The van der Waals surface area contributed by atoms with Crippen LogP contribution in [0.15, 0.2) is 29.4 Å². The van der Waals surface area contributed by atoms with Gasteiger partial charge in [-0.05, 0) is 26.0 Å². The van der Waals surface area contributed by atoms with Gasteiger partial charge >= 0.3 is 0 Å². The first-order valence-corrected chi connectivity index (χ1v) is 4.72. The van der Waals surface area contributed by atoms with Crippen molar-refractivity contribution in [3.63, 3.8) is 0 Å². The summed E-state index contributed by atoms with van der Waals surface area (Å²) in [5, 5.41) is 12.8. The van der Waals surface area contributed by atoms with Crippen LogP contribution in [0.4, 0.5) is 0 Å². The standard InChI is InChI=1S/C12H11N2O/c1-12(2)7-11(14-15-12)10-5-3-4-9(6-10)8-13/h3-6H,1,7H2,2H3. The molecule has 1 unspecified atom stereocenters. The van der Waals surface area contributed by atoms with Crippen LogP contribution in [0.25, 0.3) is 0 Å². The lowest BCUT2D eigenvalue weighted by Gasteiger charge is -2.12. The van der Waals surface area contributed by atoms with E-state index in [1.807, 2.05) is 25.1 Å². The van der Waals surface area contributed by atoms with Gasteiger partial charge in [0.25, 0.3) is 0 Å². The van der Waals surface area contributed by atoms with Gasteiger partial charge in [-0.2, -0.15) is 5.26 Å². The molecule has 0 saturated carbocycles. The van der Waals surface area contributed by atoms with Crippen molar-refractivity contribution in [3.05, 3.63) is 42.3 Å². The van der Waals surface area contributed by atoms with E-state index in [0.29, 0.717) is 12.0 Å². The first-order valence-electron chi connectivity index (χ1n) is 4.72. The molecule has 1 aromatic carbocycles. The quantitative estimate of drug-likeness (QED) is 0.696. The summed E-state index contributed by atoms with van der Waals surface area (Å²) >= 11 is 0. The molecule has 15 heavy (non-hydrogen) atoms. The molecule has 0 saturated heterocycles. The number of hydrogen-bond donors (Lipinski definition) is 0. The SMILES string of the molecule is [CH2]C1(C)CC(c2cccc(C#N)c2)=NO1. The molecular formula is C12H11N2O. The fourth-order valence-electron chi connectivity index (χ4n) is 1.51. The number of rotatable bonds is 1. The van der Waals surface area contributed by atoms with Gasteiger partial charge in [0.2, 0.25) is 0 Å². The first-order chi connectivity index (χ1) is 7.11. The normalized spacial score (nSPS) is 17.8. The first kappa shape index (κ1) is 9.72. The summed E-state index contributed by atoms with van der Waals surface area (Å²) in [6.45, 7) is 5.77. The molecule has 0 bridgehead atoms. The highest BCUT2D eigenvalue weighted by molar-refractivity contribution is 6.01. The number of benzene rings is 1. The van der Waals surface area contributed by atoms with Gasteiger partial charge in [0, 0.05) is 12.0 Å². The molecule has 0 amide bonds. The number of oxime groups is 1. The van der Waals surface area contributed by atoms with Gasteiger partial charge in [-0.1, -0.05) is 17.3 Å². The van der Waals surface area contributed by atoms with Gasteiger partial charge in [-0.25, -0.2) is 0 Å². The Morgan fingerprint density at radius 3 is 3.00 bits per heavy atom. The Morgan fingerprint density at radius 2 is 2.40 bits per heavy atom. The maximum atomic E-state index is 8.77. The van der Waals surface area contributed by atoms with Crippen LogP contribution in [0.3, 0.4) is 0 Å². The molecule has 1 atom stereocenters. The van der Waals surface area contributed by atoms with E-state index in [9.17, 15) is 0 Å². The van der Waals surface area contributed by atoms with E-state index in [2.05, 4.69) is 18.1 Å². The average Bonchev–Trinajstić information content (AvgIpc) is 2.59. The van der Waals surface area contributed by atoms with Crippen LogP contribution in [0.2, 0.25) is 0 Å². The minimum Gasteiger partial charge on any atom is -0.389 e. The molecular weight excluding hydrogens is 188 g/mol. The highest BCUT2D eigenvalue weighted by Gasteiger charge is 2.29. The van der Waals surface area contributed by atoms with Crippen LogP contribution < -0.4 is 0 Å². The zero-order chi connectivity index (χ0) is 10.9. The Morgan fingerprint density at radius 1 is 1.60 bits per heavy atom. The van der Waals surface area contributed by atoms with Crippen molar-refractivity contribution in [2.24, 2.45) is 5.16 Å². The van der Waals surface area contributed by atoms with Crippen molar-refractivity contribution in [2.75, 3.05) is 0 Å². The summed E-state index contributed by atoms with van der Waals surface area (Å²) in [7, 11) is 0. The summed E-state index contributed by atoms with van der Waals surface area (Å²) in [4.78, 5) is 5.17. The van der Waals surface area contributed by atoms with Gasteiger partial charge in [0.05, 0.1) is 17.3 Å². The summed E-state index contributed by atoms with van der Waals surface area (Å²) in [6.07, 6.45) is 0.669. The highest BCUT2D eigenvalue weighted by atomic mass is 16.7. The zero-order valence-corrected chi connectivity index (χ0v) is 8.53. The molecule has 1 heterocycles. The van der Waals surface area contributed by atoms with Crippen LogP contribution >= 0.6 is 0 Å². The predicted octanol–water partition coefficient (Wildman–Crippen LogP) is 2.28. The van der Waals surface area contributed by atoms with Gasteiger partial charge in [-0.3, -0.25) is 0 Å². The van der Waals surface area contributed by atoms with Crippen molar-refractivity contribution < 1.29 is 4.84 Å². The fourth-order valence-corrected chi connectivity index (χ4v) is 1.51. The third kappa shape index (κ3) is 1.99. The summed E-state index contributed by atoms with van der Waals surface area (Å²) in [6, 6.07) is 9.44. The number of hydrogen-bond acceptors (Lipinski definition) is 3. The molecule has 3 nitrogen and oxygen atoms in total. The van der Waals surface area contributed by atoms with Crippen molar-refractivity contribution >= 4 is 5.71 Å². The molecule has 0 aromatic heterocycles.